The average Bonchev–Trinajstić information content (AvgIpc) is 2.83. The van der Waals surface area contributed by atoms with Crippen molar-refractivity contribution in [2.45, 2.75) is 6.42 Å². The Morgan fingerprint density at radius 3 is 3.12 bits per heavy atom. The summed E-state index contributed by atoms with van der Waals surface area (Å²) in [7, 11) is 0. The summed E-state index contributed by atoms with van der Waals surface area (Å²) in [6, 6.07) is 3.94. The van der Waals surface area contributed by atoms with Gasteiger partial charge in [0.05, 0.1) is 9.48 Å². The van der Waals surface area contributed by atoms with E-state index in [0.717, 1.165) is 26.3 Å². The van der Waals surface area contributed by atoms with Gasteiger partial charge in [-0.25, -0.2) is 4.98 Å². The van der Waals surface area contributed by atoms with Gasteiger partial charge in [0, 0.05) is 18.8 Å². The molecule has 0 aliphatic heterocycles. The van der Waals surface area contributed by atoms with Crippen molar-refractivity contribution in [1.29, 1.82) is 0 Å². The molecule has 0 aromatic carbocycles. The van der Waals surface area contributed by atoms with Gasteiger partial charge in [0.25, 0.3) is 0 Å². The van der Waals surface area contributed by atoms with Gasteiger partial charge in [-0.15, -0.1) is 11.3 Å². The summed E-state index contributed by atoms with van der Waals surface area (Å²) in [5.74, 6) is 0.0770. The smallest absolute Gasteiger partial charge is 0.248 e. The highest BCUT2D eigenvalue weighted by Crippen LogP contribution is 2.34. The lowest BCUT2D eigenvalue weighted by atomic mass is 10.2. The van der Waals surface area contributed by atoms with Crippen LogP contribution in [-0.2, 0) is 6.42 Å². The molecule has 0 unspecified atom stereocenters. The van der Waals surface area contributed by atoms with Gasteiger partial charge in [-0.05, 0) is 27.6 Å². The van der Waals surface area contributed by atoms with Crippen molar-refractivity contribution in [1.82, 2.24) is 14.4 Å². The lowest BCUT2D eigenvalue weighted by Gasteiger charge is -2.00. The standard InChI is InChI=1S/C11H8BrN3OS/c12-9-8(4-7-2-1-3-13-5-7)15-6-14-10(16)11(15)17-9/h1-3,5-6,16H,4H2. The fraction of sp³-hybridized carbons (Fsp3) is 0.0909. The second kappa shape index (κ2) is 4.12. The maximum atomic E-state index is 9.56. The first-order chi connectivity index (χ1) is 8.25. The Labute approximate surface area is 110 Å². The molecule has 3 rings (SSSR count). The molecular formula is C11H8BrN3OS. The van der Waals surface area contributed by atoms with Gasteiger partial charge in [-0.3, -0.25) is 9.38 Å². The quantitative estimate of drug-likeness (QED) is 0.792. The van der Waals surface area contributed by atoms with Crippen LogP contribution in [-0.4, -0.2) is 19.5 Å². The van der Waals surface area contributed by atoms with Gasteiger partial charge in [0.15, 0.2) is 4.83 Å². The summed E-state index contributed by atoms with van der Waals surface area (Å²) < 4.78 is 2.91. The molecular weight excluding hydrogens is 302 g/mol. The molecule has 0 fully saturated rings. The van der Waals surface area contributed by atoms with E-state index in [4.69, 9.17) is 0 Å². The third kappa shape index (κ3) is 1.83. The largest absolute Gasteiger partial charge is 0.491 e. The predicted molar refractivity (Wildman–Crippen MR) is 69.5 cm³/mol. The minimum atomic E-state index is 0.0770. The highest BCUT2D eigenvalue weighted by Gasteiger charge is 2.14. The molecule has 86 valence electrons. The molecule has 0 aliphatic carbocycles. The fourth-order valence-electron chi connectivity index (χ4n) is 1.70. The Kier molecular flexibility index (Phi) is 2.60. The number of thiazole rings is 1. The molecule has 17 heavy (non-hydrogen) atoms. The van der Waals surface area contributed by atoms with Crippen LogP contribution in [0.3, 0.4) is 0 Å². The van der Waals surface area contributed by atoms with E-state index in [1.165, 1.54) is 11.3 Å². The highest BCUT2D eigenvalue weighted by atomic mass is 79.9. The van der Waals surface area contributed by atoms with E-state index in [-0.39, 0.29) is 5.88 Å². The van der Waals surface area contributed by atoms with Crippen LogP contribution in [0, 0.1) is 0 Å². The van der Waals surface area contributed by atoms with Crippen LogP contribution in [0.2, 0.25) is 0 Å². The number of pyridine rings is 1. The maximum Gasteiger partial charge on any atom is 0.248 e. The van der Waals surface area contributed by atoms with E-state index in [1.807, 2.05) is 22.7 Å². The van der Waals surface area contributed by atoms with Gasteiger partial charge >= 0.3 is 0 Å². The first kappa shape index (κ1) is 10.7. The van der Waals surface area contributed by atoms with Gasteiger partial charge in [0.1, 0.15) is 6.33 Å². The normalized spacial score (nSPS) is 11.1. The number of fused-ring (bicyclic) bond motifs is 1. The van der Waals surface area contributed by atoms with E-state index in [2.05, 4.69) is 25.9 Å². The molecule has 6 heteroatoms. The van der Waals surface area contributed by atoms with Crippen LogP contribution >= 0.6 is 27.3 Å². The van der Waals surface area contributed by atoms with E-state index in [1.54, 1.807) is 12.5 Å². The number of nitrogens with zero attached hydrogens (tertiary/aromatic N) is 3. The average molecular weight is 310 g/mol. The Morgan fingerprint density at radius 2 is 2.35 bits per heavy atom. The zero-order valence-corrected chi connectivity index (χ0v) is 11.1. The fourth-order valence-corrected chi connectivity index (χ4v) is 3.35. The lowest BCUT2D eigenvalue weighted by Crippen LogP contribution is -1.93. The van der Waals surface area contributed by atoms with Crippen molar-refractivity contribution in [3.05, 3.63) is 45.9 Å². The van der Waals surface area contributed by atoms with Gasteiger partial charge in [-0.1, -0.05) is 6.07 Å². The zero-order chi connectivity index (χ0) is 11.8. The van der Waals surface area contributed by atoms with E-state index in [9.17, 15) is 5.11 Å². The third-order valence-electron chi connectivity index (χ3n) is 2.50. The molecule has 0 saturated heterocycles. The SMILES string of the molecule is Oc1ncn2c(Cc3cccnc3)c(Br)sc12. The number of imidazole rings is 1. The van der Waals surface area contributed by atoms with Crippen LogP contribution in [0.5, 0.6) is 5.88 Å². The number of hydrogen-bond donors (Lipinski definition) is 1. The zero-order valence-electron chi connectivity index (χ0n) is 8.67. The molecule has 3 aromatic rings. The first-order valence-corrected chi connectivity index (χ1v) is 6.59. The highest BCUT2D eigenvalue weighted by molar-refractivity contribution is 9.11. The number of halogens is 1. The molecule has 0 radical (unpaired) electrons. The van der Waals surface area contributed by atoms with Gasteiger partial charge in [-0.2, -0.15) is 0 Å². The minimum absolute atomic E-state index is 0.0770. The van der Waals surface area contributed by atoms with Gasteiger partial charge < -0.3 is 5.11 Å². The third-order valence-corrected chi connectivity index (χ3v) is 4.43. The molecule has 0 atom stereocenters. The molecule has 4 nitrogen and oxygen atoms in total. The Hall–Kier alpha value is -1.40. The Balaban J connectivity index is 2.08. The lowest BCUT2D eigenvalue weighted by molar-refractivity contribution is 0.463. The van der Waals surface area contributed by atoms with Crippen LogP contribution in [0.1, 0.15) is 11.3 Å². The van der Waals surface area contributed by atoms with Gasteiger partial charge in [0.2, 0.25) is 5.88 Å². The Morgan fingerprint density at radius 1 is 1.47 bits per heavy atom. The molecule has 3 heterocycles. The molecule has 3 aromatic heterocycles. The maximum absolute atomic E-state index is 9.56. The Bertz CT molecular complexity index is 662. The van der Waals surface area contributed by atoms with Crippen molar-refractivity contribution >= 4 is 32.1 Å². The molecule has 0 amide bonds. The monoisotopic (exact) mass is 309 g/mol. The van der Waals surface area contributed by atoms with Crippen LogP contribution < -0.4 is 0 Å². The number of aromatic nitrogens is 3. The van der Waals surface area contributed by atoms with Crippen LogP contribution in [0.4, 0.5) is 0 Å². The van der Waals surface area contributed by atoms with Crippen molar-refractivity contribution in [2.24, 2.45) is 0 Å². The van der Waals surface area contributed by atoms with Crippen molar-refractivity contribution in [3.8, 4) is 5.88 Å². The molecule has 1 N–H and O–H groups in total. The summed E-state index contributed by atoms with van der Waals surface area (Å²) in [6.07, 6.45) is 5.99. The molecule has 0 saturated carbocycles. The number of hydrogen-bond acceptors (Lipinski definition) is 4. The number of rotatable bonds is 2. The van der Waals surface area contributed by atoms with Crippen molar-refractivity contribution in [3.63, 3.8) is 0 Å². The topological polar surface area (TPSA) is 50.4 Å². The predicted octanol–water partition coefficient (Wildman–Crippen LogP) is 2.85. The number of aromatic hydroxyl groups is 1. The second-order valence-electron chi connectivity index (χ2n) is 3.60. The van der Waals surface area contributed by atoms with Crippen LogP contribution in [0.25, 0.3) is 4.83 Å². The summed E-state index contributed by atoms with van der Waals surface area (Å²) >= 11 is 5.00. The molecule has 0 aliphatic rings. The van der Waals surface area contributed by atoms with E-state index in [0.29, 0.717) is 0 Å². The summed E-state index contributed by atoms with van der Waals surface area (Å²) in [4.78, 5) is 8.75. The van der Waals surface area contributed by atoms with Crippen molar-refractivity contribution < 1.29 is 5.11 Å². The van der Waals surface area contributed by atoms with Crippen molar-refractivity contribution in [2.75, 3.05) is 0 Å². The first-order valence-electron chi connectivity index (χ1n) is 4.98. The van der Waals surface area contributed by atoms with E-state index >= 15 is 0 Å². The van der Waals surface area contributed by atoms with Crippen LogP contribution in [0.15, 0.2) is 34.6 Å². The molecule has 0 bridgehead atoms. The minimum Gasteiger partial charge on any atom is -0.491 e. The summed E-state index contributed by atoms with van der Waals surface area (Å²) in [5, 5.41) is 9.56. The second-order valence-corrected chi connectivity index (χ2v) is 5.92. The summed E-state index contributed by atoms with van der Waals surface area (Å²) in [6.45, 7) is 0. The van der Waals surface area contributed by atoms with E-state index < -0.39 is 0 Å². The summed E-state index contributed by atoms with van der Waals surface area (Å²) in [5.41, 5.74) is 2.20. The molecule has 0 spiro atoms.